The minimum absolute atomic E-state index is 0.0116. The molecule has 1 aliphatic carbocycles. The summed E-state index contributed by atoms with van der Waals surface area (Å²) in [5.74, 6) is -2.12. The summed E-state index contributed by atoms with van der Waals surface area (Å²) in [5.41, 5.74) is 0. The lowest BCUT2D eigenvalue weighted by atomic mass is 10.1. The monoisotopic (exact) mass is 152 g/mol. The Balaban J connectivity index is 2.54. The predicted octanol–water partition coefficient (Wildman–Crippen LogP) is 1.77. The van der Waals surface area contributed by atoms with Crippen LogP contribution in [0.1, 0.15) is 12.8 Å². The van der Waals surface area contributed by atoms with E-state index in [-0.39, 0.29) is 6.29 Å². The predicted molar refractivity (Wildman–Crippen MR) is 28.3 cm³/mol. The summed E-state index contributed by atoms with van der Waals surface area (Å²) in [7, 11) is 0. The molecule has 0 amide bonds. The van der Waals surface area contributed by atoms with Crippen LogP contribution in [-0.4, -0.2) is 12.5 Å². The van der Waals surface area contributed by atoms with Gasteiger partial charge in [-0.1, -0.05) is 0 Å². The fourth-order valence-electron chi connectivity index (χ4n) is 0.911. The second kappa shape index (κ2) is 2.25. The van der Waals surface area contributed by atoms with Gasteiger partial charge in [0.05, 0.1) is 0 Å². The SMILES string of the molecule is O=CC(C1CC1)C(F)(F)F. The highest BCUT2D eigenvalue weighted by Gasteiger charge is 2.48. The van der Waals surface area contributed by atoms with Gasteiger partial charge in [-0.2, -0.15) is 13.2 Å². The molecule has 1 aliphatic rings. The van der Waals surface area contributed by atoms with Crippen LogP contribution < -0.4 is 0 Å². The van der Waals surface area contributed by atoms with E-state index < -0.39 is 18.0 Å². The van der Waals surface area contributed by atoms with Gasteiger partial charge in [0, 0.05) is 0 Å². The van der Waals surface area contributed by atoms with Crippen molar-refractivity contribution in [3.8, 4) is 0 Å². The van der Waals surface area contributed by atoms with Crippen LogP contribution in [0, 0.1) is 11.8 Å². The van der Waals surface area contributed by atoms with Gasteiger partial charge in [0.15, 0.2) is 0 Å². The summed E-state index contributed by atoms with van der Waals surface area (Å²) in [6.45, 7) is 0. The molecule has 0 spiro atoms. The number of carbonyl (C=O) groups excluding carboxylic acids is 1. The maximum Gasteiger partial charge on any atom is 0.398 e. The van der Waals surface area contributed by atoms with Gasteiger partial charge in [-0.15, -0.1) is 0 Å². The lowest BCUT2D eigenvalue weighted by Gasteiger charge is -2.11. The Bertz CT molecular complexity index is 136. The number of rotatable bonds is 2. The molecule has 0 radical (unpaired) electrons. The molecule has 4 heteroatoms. The van der Waals surface area contributed by atoms with Crippen molar-refractivity contribution in [3.05, 3.63) is 0 Å². The van der Waals surface area contributed by atoms with Crippen LogP contribution in [0.15, 0.2) is 0 Å². The van der Waals surface area contributed by atoms with E-state index in [0.29, 0.717) is 12.8 Å². The first kappa shape index (κ1) is 7.57. The lowest BCUT2D eigenvalue weighted by molar-refractivity contribution is -0.178. The van der Waals surface area contributed by atoms with Gasteiger partial charge < -0.3 is 4.79 Å². The van der Waals surface area contributed by atoms with Crippen molar-refractivity contribution < 1.29 is 18.0 Å². The van der Waals surface area contributed by atoms with Crippen LogP contribution in [0.5, 0.6) is 0 Å². The van der Waals surface area contributed by atoms with Gasteiger partial charge in [-0.05, 0) is 18.8 Å². The Hall–Kier alpha value is -0.540. The van der Waals surface area contributed by atoms with Crippen LogP contribution in [0.2, 0.25) is 0 Å². The highest BCUT2D eigenvalue weighted by Crippen LogP contribution is 2.43. The van der Waals surface area contributed by atoms with Gasteiger partial charge >= 0.3 is 6.18 Å². The standard InChI is InChI=1S/C6H7F3O/c7-6(8,9)5(3-10)4-1-2-4/h3-5H,1-2H2. The normalized spacial score (nSPS) is 22.3. The van der Waals surface area contributed by atoms with E-state index in [9.17, 15) is 18.0 Å². The molecule has 0 saturated heterocycles. The minimum Gasteiger partial charge on any atom is -0.303 e. The highest BCUT2D eigenvalue weighted by molar-refractivity contribution is 5.56. The van der Waals surface area contributed by atoms with Crippen LogP contribution >= 0.6 is 0 Å². The van der Waals surface area contributed by atoms with Crippen molar-refractivity contribution in [2.24, 2.45) is 11.8 Å². The molecule has 1 nitrogen and oxygen atoms in total. The van der Waals surface area contributed by atoms with Crippen LogP contribution in [0.25, 0.3) is 0 Å². The Morgan fingerprint density at radius 1 is 1.40 bits per heavy atom. The molecule has 1 rings (SSSR count). The third-order valence-electron chi connectivity index (χ3n) is 1.65. The average Bonchev–Trinajstić information content (AvgIpc) is 2.46. The molecule has 0 heterocycles. The maximum atomic E-state index is 11.8. The Labute approximate surface area is 56.2 Å². The van der Waals surface area contributed by atoms with Gasteiger partial charge in [0.25, 0.3) is 0 Å². The minimum atomic E-state index is -4.32. The molecule has 10 heavy (non-hydrogen) atoms. The molecular weight excluding hydrogens is 145 g/mol. The first-order valence-corrected chi connectivity index (χ1v) is 3.07. The molecule has 0 aromatic carbocycles. The van der Waals surface area contributed by atoms with E-state index in [2.05, 4.69) is 0 Å². The summed E-state index contributed by atoms with van der Waals surface area (Å²) in [5, 5.41) is 0. The van der Waals surface area contributed by atoms with Crippen molar-refractivity contribution in [1.82, 2.24) is 0 Å². The smallest absolute Gasteiger partial charge is 0.303 e. The first-order chi connectivity index (χ1) is 4.55. The molecule has 1 fully saturated rings. The number of halogens is 3. The Morgan fingerprint density at radius 3 is 2.00 bits per heavy atom. The van der Waals surface area contributed by atoms with E-state index in [1.807, 2.05) is 0 Å². The number of hydrogen-bond acceptors (Lipinski definition) is 1. The average molecular weight is 152 g/mol. The van der Waals surface area contributed by atoms with Gasteiger partial charge in [-0.3, -0.25) is 0 Å². The number of hydrogen-bond donors (Lipinski definition) is 0. The third kappa shape index (κ3) is 1.49. The highest BCUT2D eigenvalue weighted by atomic mass is 19.4. The molecule has 0 aromatic rings. The van der Waals surface area contributed by atoms with E-state index in [1.54, 1.807) is 0 Å². The molecule has 0 bridgehead atoms. The summed E-state index contributed by atoms with van der Waals surface area (Å²) < 4.78 is 35.3. The van der Waals surface area contributed by atoms with E-state index >= 15 is 0 Å². The van der Waals surface area contributed by atoms with Crippen molar-refractivity contribution in [2.75, 3.05) is 0 Å². The molecule has 0 N–H and O–H groups in total. The van der Waals surface area contributed by atoms with Gasteiger partial charge in [-0.25, -0.2) is 0 Å². The second-order valence-corrected chi connectivity index (χ2v) is 2.54. The molecular formula is C6H7F3O. The first-order valence-electron chi connectivity index (χ1n) is 3.07. The topological polar surface area (TPSA) is 17.1 Å². The zero-order valence-electron chi connectivity index (χ0n) is 5.19. The van der Waals surface area contributed by atoms with Crippen LogP contribution in [0.3, 0.4) is 0 Å². The van der Waals surface area contributed by atoms with E-state index in [1.165, 1.54) is 0 Å². The molecule has 1 atom stereocenters. The fourth-order valence-corrected chi connectivity index (χ4v) is 0.911. The van der Waals surface area contributed by atoms with Crippen molar-refractivity contribution in [1.29, 1.82) is 0 Å². The summed E-state index contributed by atoms with van der Waals surface area (Å²) in [4.78, 5) is 9.91. The van der Waals surface area contributed by atoms with E-state index in [0.717, 1.165) is 0 Å². The Kier molecular flexibility index (Phi) is 1.70. The summed E-state index contributed by atoms with van der Waals surface area (Å²) in [6.07, 6.45) is -3.22. The van der Waals surface area contributed by atoms with Crippen molar-refractivity contribution in [3.63, 3.8) is 0 Å². The van der Waals surface area contributed by atoms with Crippen molar-refractivity contribution >= 4 is 6.29 Å². The number of carbonyl (C=O) groups is 1. The summed E-state index contributed by atoms with van der Waals surface area (Å²) >= 11 is 0. The lowest BCUT2D eigenvalue weighted by Crippen LogP contribution is -2.25. The molecule has 0 aliphatic heterocycles. The molecule has 1 saturated carbocycles. The van der Waals surface area contributed by atoms with Gasteiger partial charge in [0.2, 0.25) is 0 Å². The van der Waals surface area contributed by atoms with Crippen molar-refractivity contribution in [2.45, 2.75) is 19.0 Å². The molecule has 58 valence electrons. The molecule has 0 aromatic heterocycles. The fraction of sp³-hybridized carbons (Fsp3) is 0.833. The maximum absolute atomic E-state index is 11.8. The Morgan fingerprint density at radius 2 is 1.90 bits per heavy atom. The third-order valence-corrected chi connectivity index (χ3v) is 1.65. The van der Waals surface area contributed by atoms with Crippen LogP contribution in [-0.2, 0) is 4.79 Å². The largest absolute Gasteiger partial charge is 0.398 e. The second-order valence-electron chi connectivity index (χ2n) is 2.54. The van der Waals surface area contributed by atoms with E-state index in [4.69, 9.17) is 0 Å². The zero-order chi connectivity index (χ0) is 7.78. The summed E-state index contributed by atoms with van der Waals surface area (Å²) in [6, 6.07) is 0. The molecule has 1 unspecified atom stereocenters. The zero-order valence-corrected chi connectivity index (χ0v) is 5.19. The van der Waals surface area contributed by atoms with Gasteiger partial charge in [0.1, 0.15) is 12.2 Å². The van der Waals surface area contributed by atoms with Crippen LogP contribution in [0.4, 0.5) is 13.2 Å². The number of aldehydes is 1. The number of alkyl halides is 3. The quantitative estimate of drug-likeness (QED) is 0.551.